The lowest BCUT2D eigenvalue weighted by Gasteiger charge is -2.19. The summed E-state index contributed by atoms with van der Waals surface area (Å²) in [6, 6.07) is 9.84. The maximum atomic E-state index is 12.1. The van der Waals surface area contributed by atoms with Crippen molar-refractivity contribution in [2.45, 2.75) is 31.7 Å². The molecule has 6 nitrogen and oxygen atoms in total. The first-order chi connectivity index (χ1) is 12.7. The van der Waals surface area contributed by atoms with Crippen LogP contribution in [0.3, 0.4) is 0 Å². The summed E-state index contributed by atoms with van der Waals surface area (Å²) in [4.78, 5) is 24.4. The maximum absolute atomic E-state index is 12.1. The number of hydrogen-bond acceptors (Lipinski definition) is 5. The van der Waals surface area contributed by atoms with Crippen LogP contribution in [-0.2, 0) is 6.54 Å². The minimum Gasteiger partial charge on any atom is -0.496 e. The van der Waals surface area contributed by atoms with Gasteiger partial charge in [-0.1, -0.05) is 18.2 Å². The van der Waals surface area contributed by atoms with Gasteiger partial charge in [0.15, 0.2) is 0 Å². The molecule has 3 heterocycles. The van der Waals surface area contributed by atoms with Gasteiger partial charge in [-0.3, -0.25) is 14.7 Å². The number of ether oxygens (including phenoxy) is 1. The Balaban J connectivity index is 1.47. The lowest BCUT2D eigenvalue weighted by Crippen LogP contribution is -2.25. The highest BCUT2D eigenvalue weighted by Gasteiger charge is 2.27. The first kappa shape index (κ1) is 17.1. The number of H-pyrrole nitrogens is 1. The van der Waals surface area contributed by atoms with Crippen LogP contribution in [-0.4, -0.2) is 48.2 Å². The summed E-state index contributed by atoms with van der Waals surface area (Å²) in [6.45, 7) is 4.76. The van der Waals surface area contributed by atoms with Crippen molar-refractivity contribution < 1.29 is 4.74 Å². The standard InChI is InChI=1S/C20H26N4O2/c1-26-18-7-3-2-6-16(18)14-23-11-8-15(13-23)17-12-19(25)22-20(21-17)24-9-4-5-10-24/h2-3,6-7,12,15H,4-5,8-11,13-14H2,1H3,(H,21,22,25). The zero-order valence-electron chi connectivity index (χ0n) is 15.3. The average Bonchev–Trinajstić information content (AvgIpc) is 3.34. The number of para-hydroxylation sites is 1. The van der Waals surface area contributed by atoms with Crippen molar-refractivity contribution in [1.82, 2.24) is 14.9 Å². The number of hydrogen-bond donors (Lipinski definition) is 1. The topological polar surface area (TPSA) is 61.5 Å². The van der Waals surface area contributed by atoms with Gasteiger partial charge in [-0.25, -0.2) is 4.98 Å². The van der Waals surface area contributed by atoms with Crippen LogP contribution >= 0.6 is 0 Å². The van der Waals surface area contributed by atoms with E-state index in [9.17, 15) is 4.79 Å². The van der Waals surface area contributed by atoms with Crippen molar-refractivity contribution in [2.75, 3.05) is 38.2 Å². The summed E-state index contributed by atoms with van der Waals surface area (Å²) in [5.41, 5.74) is 2.09. The number of methoxy groups -OCH3 is 1. The molecule has 1 aromatic heterocycles. The summed E-state index contributed by atoms with van der Waals surface area (Å²) in [7, 11) is 1.71. The van der Waals surface area contributed by atoms with E-state index in [-0.39, 0.29) is 5.56 Å². The molecule has 1 atom stereocenters. The molecule has 0 radical (unpaired) electrons. The third-order valence-electron chi connectivity index (χ3n) is 5.43. The van der Waals surface area contributed by atoms with Crippen LogP contribution in [0.25, 0.3) is 0 Å². The van der Waals surface area contributed by atoms with E-state index in [0.717, 1.165) is 56.5 Å². The number of nitrogens with one attached hydrogen (secondary N) is 1. The second-order valence-electron chi connectivity index (χ2n) is 7.22. The first-order valence-corrected chi connectivity index (χ1v) is 9.43. The summed E-state index contributed by atoms with van der Waals surface area (Å²) in [5.74, 6) is 1.99. The fourth-order valence-corrected chi connectivity index (χ4v) is 4.04. The van der Waals surface area contributed by atoms with Crippen molar-refractivity contribution in [1.29, 1.82) is 0 Å². The molecule has 2 aromatic rings. The van der Waals surface area contributed by atoms with Gasteiger partial charge in [0.05, 0.1) is 12.8 Å². The first-order valence-electron chi connectivity index (χ1n) is 9.43. The Morgan fingerprint density at radius 1 is 1.23 bits per heavy atom. The zero-order chi connectivity index (χ0) is 17.9. The van der Waals surface area contributed by atoms with Crippen molar-refractivity contribution in [3.05, 3.63) is 51.9 Å². The summed E-state index contributed by atoms with van der Waals surface area (Å²) >= 11 is 0. The third-order valence-corrected chi connectivity index (χ3v) is 5.43. The lowest BCUT2D eigenvalue weighted by atomic mass is 10.0. The predicted octanol–water partition coefficient (Wildman–Crippen LogP) is 2.37. The molecule has 2 aliphatic heterocycles. The van der Waals surface area contributed by atoms with Gasteiger partial charge in [-0.15, -0.1) is 0 Å². The van der Waals surface area contributed by atoms with E-state index in [0.29, 0.717) is 5.92 Å². The molecular formula is C20H26N4O2. The molecule has 26 heavy (non-hydrogen) atoms. The number of aromatic amines is 1. The predicted molar refractivity (Wildman–Crippen MR) is 102 cm³/mol. The normalized spacial score (nSPS) is 20.7. The molecule has 1 aromatic carbocycles. The molecule has 0 amide bonds. The summed E-state index contributed by atoms with van der Waals surface area (Å²) < 4.78 is 5.47. The lowest BCUT2D eigenvalue weighted by molar-refractivity contribution is 0.316. The second-order valence-corrected chi connectivity index (χ2v) is 7.22. The Morgan fingerprint density at radius 3 is 2.85 bits per heavy atom. The highest BCUT2D eigenvalue weighted by molar-refractivity contribution is 5.34. The molecule has 138 valence electrons. The molecule has 1 N–H and O–H groups in total. The number of nitrogens with zero attached hydrogens (tertiary/aromatic N) is 3. The molecule has 6 heteroatoms. The fourth-order valence-electron chi connectivity index (χ4n) is 4.04. The van der Waals surface area contributed by atoms with Crippen LogP contribution in [0, 0.1) is 0 Å². The molecule has 0 aliphatic carbocycles. The smallest absolute Gasteiger partial charge is 0.252 e. The molecular weight excluding hydrogens is 328 g/mol. The SMILES string of the molecule is COc1ccccc1CN1CCC(c2cc(=O)[nH]c(N3CCCC3)n2)C1. The monoisotopic (exact) mass is 354 g/mol. The van der Waals surface area contributed by atoms with E-state index in [1.807, 2.05) is 18.2 Å². The van der Waals surface area contributed by atoms with Gasteiger partial charge in [-0.05, 0) is 31.9 Å². The maximum Gasteiger partial charge on any atom is 0.252 e. The van der Waals surface area contributed by atoms with Gasteiger partial charge in [-0.2, -0.15) is 0 Å². The minimum absolute atomic E-state index is 0.0416. The number of anilines is 1. The van der Waals surface area contributed by atoms with Crippen LogP contribution in [0.5, 0.6) is 5.75 Å². The Morgan fingerprint density at radius 2 is 2.04 bits per heavy atom. The van der Waals surface area contributed by atoms with Crippen molar-refractivity contribution in [3.8, 4) is 5.75 Å². The molecule has 2 fully saturated rings. The minimum atomic E-state index is -0.0416. The van der Waals surface area contributed by atoms with Gasteiger partial charge in [0.1, 0.15) is 5.75 Å². The van der Waals surface area contributed by atoms with Crippen LogP contribution in [0.1, 0.15) is 36.4 Å². The highest BCUT2D eigenvalue weighted by atomic mass is 16.5. The van der Waals surface area contributed by atoms with Crippen molar-refractivity contribution in [2.24, 2.45) is 0 Å². The quantitative estimate of drug-likeness (QED) is 0.893. The Bertz CT molecular complexity index is 813. The van der Waals surface area contributed by atoms with Crippen molar-refractivity contribution in [3.63, 3.8) is 0 Å². The molecule has 0 saturated carbocycles. The largest absolute Gasteiger partial charge is 0.496 e. The van der Waals surface area contributed by atoms with Gasteiger partial charge >= 0.3 is 0 Å². The molecule has 0 bridgehead atoms. The van der Waals surface area contributed by atoms with E-state index in [4.69, 9.17) is 9.72 Å². The van der Waals surface area contributed by atoms with E-state index in [1.54, 1.807) is 13.2 Å². The third kappa shape index (κ3) is 3.60. The molecule has 1 unspecified atom stereocenters. The Kier molecular flexibility index (Phi) is 4.93. The zero-order valence-corrected chi connectivity index (χ0v) is 15.3. The average molecular weight is 354 g/mol. The van der Waals surface area contributed by atoms with Crippen molar-refractivity contribution >= 4 is 5.95 Å². The second kappa shape index (κ2) is 7.50. The van der Waals surface area contributed by atoms with Gasteiger partial charge in [0, 0.05) is 43.7 Å². The van der Waals surface area contributed by atoms with Crippen LogP contribution in [0.4, 0.5) is 5.95 Å². The van der Waals surface area contributed by atoms with E-state index < -0.39 is 0 Å². The van der Waals surface area contributed by atoms with Crippen LogP contribution in [0.2, 0.25) is 0 Å². The van der Waals surface area contributed by atoms with Crippen LogP contribution < -0.4 is 15.2 Å². The molecule has 2 saturated heterocycles. The van der Waals surface area contributed by atoms with E-state index in [1.165, 1.54) is 18.4 Å². The number of aromatic nitrogens is 2. The highest BCUT2D eigenvalue weighted by Crippen LogP contribution is 2.29. The Hall–Kier alpha value is -2.34. The molecule has 4 rings (SSSR count). The van der Waals surface area contributed by atoms with Crippen LogP contribution in [0.15, 0.2) is 35.1 Å². The molecule has 2 aliphatic rings. The van der Waals surface area contributed by atoms with Gasteiger partial charge < -0.3 is 9.64 Å². The summed E-state index contributed by atoms with van der Waals surface area (Å²) in [5, 5.41) is 0. The fraction of sp³-hybridized carbons (Fsp3) is 0.500. The van der Waals surface area contributed by atoms with E-state index >= 15 is 0 Å². The summed E-state index contributed by atoms with van der Waals surface area (Å²) in [6.07, 6.45) is 3.37. The Labute approximate surface area is 153 Å². The molecule has 0 spiro atoms. The number of likely N-dealkylation sites (tertiary alicyclic amines) is 1. The van der Waals surface area contributed by atoms with E-state index in [2.05, 4.69) is 20.9 Å². The van der Waals surface area contributed by atoms with Gasteiger partial charge in [0.25, 0.3) is 5.56 Å². The number of rotatable bonds is 5. The number of benzene rings is 1. The van der Waals surface area contributed by atoms with Gasteiger partial charge in [0.2, 0.25) is 5.95 Å².